The van der Waals surface area contributed by atoms with E-state index in [1.165, 1.54) is 0 Å². The number of rotatable bonds is 4. The second kappa shape index (κ2) is 4.73. The molecule has 1 aromatic carbocycles. The summed E-state index contributed by atoms with van der Waals surface area (Å²) >= 11 is 0. The molecule has 0 amide bonds. The molecule has 0 unspecified atom stereocenters. The van der Waals surface area contributed by atoms with E-state index in [1.807, 2.05) is 26.0 Å². The fourth-order valence-electron chi connectivity index (χ4n) is 2.52. The van der Waals surface area contributed by atoms with E-state index < -0.39 is 5.60 Å². The lowest BCUT2D eigenvalue weighted by Crippen LogP contribution is -2.47. The number of carbonyl (C=O) groups excluding carboxylic acids is 1. The molecule has 3 heteroatoms. The van der Waals surface area contributed by atoms with Gasteiger partial charge in [-0.2, -0.15) is 0 Å². The van der Waals surface area contributed by atoms with Gasteiger partial charge in [-0.1, -0.05) is 0 Å². The van der Waals surface area contributed by atoms with Crippen LogP contribution in [0.3, 0.4) is 0 Å². The predicted octanol–water partition coefficient (Wildman–Crippen LogP) is 3.06. The number of Topliss-reactive ketones (excluding diaryl/α,β-unsaturated/α-hetero) is 1. The Morgan fingerprint density at radius 2 is 1.83 bits per heavy atom. The largest absolute Gasteiger partial charge is 0.496 e. The molecule has 1 aliphatic rings. The molecule has 0 atom stereocenters. The highest BCUT2D eigenvalue weighted by molar-refractivity contribution is 6.04. The van der Waals surface area contributed by atoms with Crippen LogP contribution >= 0.6 is 0 Å². The van der Waals surface area contributed by atoms with Crippen molar-refractivity contribution in [2.75, 3.05) is 14.2 Å². The van der Waals surface area contributed by atoms with Gasteiger partial charge in [0.15, 0.2) is 5.78 Å². The molecule has 18 heavy (non-hydrogen) atoms. The summed E-state index contributed by atoms with van der Waals surface area (Å²) in [4.78, 5) is 12.6. The summed E-state index contributed by atoms with van der Waals surface area (Å²) in [7, 11) is 3.27. The lowest BCUT2D eigenvalue weighted by Gasteiger charge is -2.39. The summed E-state index contributed by atoms with van der Waals surface area (Å²) < 4.78 is 10.7. The van der Waals surface area contributed by atoms with Gasteiger partial charge in [0, 0.05) is 12.7 Å². The number of ketones is 1. The number of carbonyl (C=O) groups is 1. The average Bonchev–Trinajstić information content (AvgIpc) is 2.30. The number of ether oxygens (including phenoxy) is 2. The van der Waals surface area contributed by atoms with E-state index in [0.717, 1.165) is 41.7 Å². The van der Waals surface area contributed by atoms with Gasteiger partial charge in [0.1, 0.15) is 11.4 Å². The fourth-order valence-corrected chi connectivity index (χ4v) is 2.52. The third-order valence-corrected chi connectivity index (χ3v) is 3.95. The quantitative estimate of drug-likeness (QED) is 0.768. The molecule has 0 heterocycles. The topological polar surface area (TPSA) is 35.5 Å². The lowest BCUT2D eigenvalue weighted by molar-refractivity contribution is -0.0448. The maximum absolute atomic E-state index is 12.6. The van der Waals surface area contributed by atoms with Crippen molar-refractivity contribution in [3.8, 4) is 5.75 Å². The average molecular weight is 248 g/mol. The highest BCUT2D eigenvalue weighted by Gasteiger charge is 2.45. The van der Waals surface area contributed by atoms with Crippen LogP contribution in [0.1, 0.15) is 40.7 Å². The number of methoxy groups -OCH3 is 2. The van der Waals surface area contributed by atoms with Crippen molar-refractivity contribution in [1.29, 1.82) is 0 Å². The first-order valence-corrected chi connectivity index (χ1v) is 6.29. The van der Waals surface area contributed by atoms with E-state index in [2.05, 4.69) is 0 Å². The van der Waals surface area contributed by atoms with Gasteiger partial charge >= 0.3 is 0 Å². The SMILES string of the molecule is COc1cc(C)c(C(=O)C2(OC)CCC2)cc1C. The molecule has 1 fully saturated rings. The Balaban J connectivity index is 2.39. The molecule has 0 aliphatic heterocycles. The molecular weight excluding hydrogens is 228 g/mol. The lowest BCUT2D eigenvalue weighted by atomic mass is 9.74. The van der Waals surface area contributed by atoms with Gasteiger partial charge in [0.25, 0.3) is 0 Å². The van der Waals surface area contributed by atoms with Gasteiger partial charge in [-0.05, 0) is 56.4 Å². The van der Waals surface area contributed by atoms with Gasteiger partial charge in [0.2, 0.25) is 0 Å². The molecule has 1 saturated carbocycles. The van der Waals surface area contributed by atoms with E-state index in [1.54, 1.807) is 14.2 Å². The Morgan fingerprint density at radius 3 is 2.28 bits per heavy atom. The number of hydrogen-bond donors (Lipinski definition) is 0. The van der Waals surface area contributed by atoms with Crippen molar-refractivity contribution in [3.05, 3.63) is 28.8 Å². The van der Waals surface area contributed by atoms with Crippen molar-refractivity contribution in [2.45, 2.75) is 38.7 Å². The summed E-state index contributed by atoms with van der Waals surface area (Å²) in [6, 6.07) is 3.83. The standard InChI is InChI=1S/C15H20O3/c1-10-9-13(17-3)11(2)8-12(10)14(16)15(18-4)6-5-7-15/h8-9H,5-7H2,1-4H3. The van der Waals surface area contributed by atoms with Crippen LogP contribution in [0.15, 0.2) is 12.1 Å². The van der Waals surface area contributed by atoms with Crippen LogP contribution in [0.2, 0.25) is 0 Å². The van der Waals surface area contributed by atoms with Gasteiger partial charge in [0.05, 0.1) is 7.11 Å². The third kappa shape index (κ3) is 1.93. The van der Waals surface area contributed by atoms with Crippen LogP contribution in [-0.4, -0.2) is 25.6 Å². The molecule has 0 N–H and O–H groups in total. The van der Waals surface area contributed by atoms with E-state index in [0.29, 0.717) is 0 Å². The van der Waals surface area contributed by atoms with Crippen molar-refractivity contribution in [1.82, 2.24) is 0 Å². The summed E-state index contributed by atoms with van der Waals surface area (Å²) in [5, 5.41) is 0. The first-order valence-electron chi connectivity index (χ1n) is 6.29. The van der Waals surface area contributed by atoms with E-state index in [9.17, 15) is 4.79 Å². The normalized spacial score (nSPS) is 17.1. The van der Waals surface area contributed by atoms with Gasteiger partial charge in [-0.3, -0.25) is 4.79 Å². The molecule has 0 saturated heterocycles. The Bertz CT molecular complexity index is 467. The van der Waals surface area contributed by atoms with E-state index in [-0.39, 0.29) is 5.78 Å². The van der Waals surface area contributed by atoms with Crippen molar-refractivity contribution >= 4 is 5.78 Å². The molecule has 98 valence electrons. The number of benzene rings is 1. The van der Waals surface area contributed by atoms with Crippen LogP contribution in [0.5, 0.6) is 5.75 Å². The van der Waals surface area contributed by atoms with Crippen LogP contribution in [0.25, 0.3) is 0 Å². The summed E-state index contributed by atoms with van der Waals surface area (Å²) in [5.41, 5.74) is 2.11. The second-order valence-electron chi connectivity index (χ2n) is 5.02. The second-order valence-corrected chi connectivity index (χ2v) is 5.02. The summed E-state index contributed by atoms with van der Waals surface area (Å²) in [6.45, 7) is 3.90. The van der Waals surface area contributed by atoms with Crippen molar-refractivity contribution in [3.63, 3.8) is 0 Å². The van der Waals surface area contributed by atoms with Crippen LogP contribution in [-0.2, 0) is 4.74 Å². The Kier molecular flexibility index (Phi) is 3.44. The highest BCUT2D eigenvalue weighted by atomic mass is 16.5. The minimum atomic E-state index is -0.578. The maximum Gasteiger partial charge on any atom is 0.194 e. The van der Waals surface area contributed by atoms with Crippen molar-refractivity contribution in [2.24, 2.45) is 0 Å². The van der Waals surface area contributed by atoms with Crippen LogP contribution in [0.4, 0.5) is 0 Å². The third-order valence-electron chi connectivity index (χ3n) is 3.95. The zero-order valence-electron chi connectivity index (χ0n) is 11.5. The summed E-state index contributed by atoms with van der Waals surface area (Å²) in [5.74, 6) is 0.934. The van der Waals surface area contributed by atoms with Gasteiger partial charge in [-0.25, -0.2) is 0 Å². The molecule has 0 aromatic heterocycles. The Morgan fingerprint density at radius 1 is 1.17 bits per heavy atom. The first kappa shape index (κ1) is 13.1. The van der Waals surface area contributed by atoms with Crippen LogP contribution in [0, 0.1) is 13.8 Å². The smallest absolute Gasteiger partial charge is 0.194 e. The Hall–Kier alpha value is -1.35. The number of hydrogen-bond acceptors (Lipinski definition) is 3. The monoisotopic (exact) mass is 248 g/mol. The fraction of sp³-hybridized carbons (Fsp3) is 0.533. The van der Waals surface area contributed by atoms with Gasteiger partial charge < -0.3 is 9.47 Å². The van der Waals surface area contributed by atoms with E-state index >= 15 is 0 Å². The Labute approximate surface area is 108 Å². The zero-order valence-corrected chi connectivity index (χ0v) is 11.5. The zero-order chi connectivity index (χ0) is 13.3. The van der Waals surface area contributed by atoms with Gasteiger partial charge in [-0.15, -0.1) is 0 Å². The molecule has 0 bridgehead atoms. The van der Waals surface area contributed by atoms with Crippen LogP contribution < -0.4 is 4.74 Å². The summed E-state index contributed by atoms with van der Waals surface area (Å²) in [6.07, 6.45) is 2.72. The molecule has 3 nitrogen and oxygen atoms in total. The minimum Gasteiger partial charge on any atom is -0.496 e. The molecule has 1 aromatic rings. The minimum absolute atomic E-state index is 0.111. The molecular formula is C15H20O3. The molecule has 1 aliphatic carbocycles. The molecule has 2 rings (SSSR count). The molecule has 0 spiro atoms. The van der Waals surface area contributed by atoms with E-state index in [4.69, 9.17) is 9.47 Å². The van der Waals surface area contributed by atoms with Crippen molar-refractivity contribution < 1.29 is 14.3 Å². The molecule has 0 radical (unpaired) electrons. The highest BCUT2D eigenvalue weighted by Crippen LogP contribution is 2.39. The maximum atomic E-state index is 12.6. The number of aryl methyl sites for hydroxylation is 2. The first-order chi connectivity index (χ1) is 8.54. The predicted molar refractivity (Wildman–Crippen MR) is 70.4 cm³/mol.